The fourth-order valence-corrected chi connectivity index (χ4v) is 3.65. The predicted molar refractivity (Wildman–Crippen MR) is 119 cm³/mol. The lowest BCUT2D eigenvalue weighted by molar-refractivity contribution is -0.384. The van der Waals surface area contributed by atoms with Crippen LogP contribution in [0, 0.1) is 10.1 Å². The van der Waals surface area contributed by atoms with Crippen LogP contribution in [-0.4, -0.2) is 10.0 Å². The van der Waals surface area contributed by atoms with Crippen LogP contribution in [0.25, 0.3) is 10.8 Å². The van der Waals surface area contributed by atoms with E-state index in [1.807, 2.05) is 72.8 Å². The molecule has 0 aliphatic carbocycles. The first-order valence-electron chi connectivity index (χ1n) is 9.83. The van der Waals surface area contributed by atoms with Gasteiger partial charge in [-0.3, -0.25) is 10.1 Å². The molecule has 0 bridgehead atoms. The lowest BCUT2D eigenvalue weighted by atomic mass is 9.95. The molecule has 150 valence electrons. The zero-order valence-electron chi connectivity index (χ0n) is 16.3. The van der Waals surface area contributed by atoms with Crippen LogP contribution in [0.1, 0.15) is 29.7 Å². The molecule has 0 fully saturated rings. The molecule has 0 saturated heterocycles. The second-order valence-electron chi connectivity index (χ2n) is 7.27. The molecule has 0 aliphatic heterocycles. The number of non-ortho nitro benzene ring substituents is 1. The summed E-state index contributed by atoms with van der Waals surface area (Å²) in [6, 6.07) is 30.0. The van der Waals surface area contributed by atoms with E-state index in [1.165, 1.54) is 12.1 Å². The molecular formula is C25H22N2O3. The number of nitro benzene ring substituents is 1. The molecule has 0 aliphatic rings. The van der Waals surface area contributed by atoms with E-state index in [-0.39, 0.29) is 11.7 Å². The Balaban J connectivity index is 1.61. The van der Waals surface area contributed by atoms with Crippen LogP contribution in [0.2, 0.25) is 0 Å². The number of anilines is 1. The van der Waals surface area contributed by atoms with Crippen molar-refractivity contribution in [2.24, 2.45) is 0 Å². The molecule has 4 rings (SSSR count). The molecule has 2 unspecified atom stereocenters. The molecule has 5 nitrogen and oxygen atoms in total. The van der Waals surface area contributed by atoms with Crippen LogP contribution in [-0.2, 0) is 0 Å². The summed E-state index contributed by atoms with van der Waals surface area (Å²) in [5.41, 5.74) is 2.52. The van der Waals surface area contributed by atoms with Crippen LogP contribution in [0.3, 0.4) is 0 Å². The van der Waals surface area contributed by atoms with Crippen LogP contribution in [0.15, 0.2) is 97.1 Å². The van der Waals surface area contributed by atoms with Gasteiger partial charge in [0.2, 0.25) is 0 Å². The van der Waals surface area contributed by atoms with Gasteiger partial charge in [-0.2, -0.15) is 0 Å². The fraction of sp³-hybridized carbons (Fsp3) is 0.120. The summed E-state index contributed by atoms with van der Waals surface area (Å²) in [7, 11) is 0. The number of nitrogens with one attached hydrogen (secondary N) is 1. The van der Waals surface area contributed by atoms with Gasteiger partial charge in [0.1, 0.15) is 0 Å². The second-order valence-corrected chi connectivity index (χ2v) is 7.27. The molecule has 0 saturated carbocycles. The van der Waals surface area contributed by atoms with Crippen molar-refractivity contribution in [3.8, 4) is 0 Å². The largest absolute Gasteiger partial charge is 0.388 e. The summed E-state index contributed by atoms with van der Waals surface area (Å²) in [6.07, 6.45) is -0.267. The van der Waals surface area contributed by atoms with Gasteiger partial charge >= 0.3 is 0 Å². The van der Waals surface area contributed by atoms with Gasteiger partial charge in [0.05, 0.1) is 17.1 Å². The number of aliphatic hydroxyl groups excluding tert-OH is 1. The Kier molecular flexibility index (Phi) is 5.72. The molecular weight excluding hydrogens is 376 g/mol. The maximum absolute atomic E-state index is 11.1. The Morgan fingerprint density at radius 3 is 2.30 bits per heavy atom. The van der Waals surface area contributed by atoms with Gasteiger partial charge in [0, 0.05) is 24.2 Å². The third-order valence-electron chi connectivity index (χ3n) is 5.22. The highest BCUT2D eigenvalue weighted by molar-refractivity contribution is 5.83. The molecule has 4 aromatic rings. The van der Waals surface area contributed by atoms with Crippen LogP contribution < -0.4 is 5.32 Å². The van der Waals surface area contributed by atoms with E-state index < -0.39 is 11.0 Å². The van der Waals surface area contributed by atoms with Crippen molar-refractivity contribution in [3.63, 3.8) is 0 Å². The molecule has 2 N–H and O–H groups in total. The summed E-state index contributed by atoms with van der Waals surface area (Å²) in [5.74, 6) is 0. The lowest BCUT2D eigenvalue weighted by Gasteiger charge is -2.23. The third kappa shape index (κ3) is 4.47. The Bertz CT molecular complexity index is 1160. The van der Waals surface area contributed by atoms with E-state index >= 15 is 0 Å². The topological polar surface area (TPSA) is 75.4 Å². The van der Waals surface area contributed by atoms with Gasteiger partial charge in [-0.1, -0.05) is 72.8 Å². The summed E-state index contributed by atoms with van der Waals surface area (Å²) in [4.78, 5) is 10.7. The van der Waals surface area contributed by atoms with E-state index in [0.29, 0.717) is 12.1 Å². The summed E-state index contributed by atoms with van der Waals surface area (Å²) >= 11 is 0. The molecule has 0 aromatic heterocycles. The van der Waals surface area contributed by atoms with E-state index in [9.17, 15) is 15.2 Å². The first kappa shape index (κ1) is 19.6. The molecule has 5 heteroatoms. The zero-order chi connectivity index (χ0) is 20.9. The summed E-state index contributed by atoms with van der Waals surface area (Å²) < 4.78 is 0. The second kappa shape index (κ2) is 8.76. The number of nitrogens with zero attached hydrogens (tertiary/aromatic N) is 1. The predicted octanol–water partition coefficient (Wildman–Crippen LogP) is 6.02. The average molecular weight is 398 g/mol. The summed E-state index contributed by atoms with van der Waals surface area (Å²) in [6.45, 7) is 0. The normalized spacial score (nSPS) is 13.0. The molecule has 0 radical (unpaired) electrons. The monoisotopic (exact) mass is 398 g/mol. The maximum atomic E-state index is 11.1. The van der Waals surface area contributed by atoms with E-state index in [0.717, 1.165) is 21.9 Å². The standard InChI is InChI=1S/C25H22N2O3/c28-25(21-14-13-18-7-4-5-10-20(18)15-21)17-24(19-8-2-1-3-9-19)26-22-11-6-12-23(16-22)27(29)30/h1-16,24-26,28H,17H2. The van der Waals surface area contributed by atoms with Gasteiger partial charge in [-0.05, 0) is 34.0 Å². The Morgan fingerprint density at radius 2 is 1.53 bits per heavy atom. The molecule has 4 aromatic carbocycles. The number of fused-ring (bicyclic) bond motifs is 1. The van der Waals surface area contributed by atoms with Gasteiger partial charge in [0.15, 0.2) is 0 Å². The number of hydrogen-bond acceptors (Lipinski definition) is 4. The highest BCUT2D eigenvalue weighted by Gasteiger charge is 2.19. The van der Waals surface area contributed by atoms with E-state index in [2.05, 4.69) is 5.32 Å². The van der Waals surface area contributed by atoms with E-state index in [4.69, 9.17) is 0 Å². The first-order valence-corrected chi connectivity index (χ1v) is 9.83. The van der Waals surface area contributed by atoms with Gasteiger partial charge in [-0.25, -0.2) is 0 Å². The Labute approximate surface area is 174 Å². The van der Waals surface area contributed by atoms with Crippen molar-refractivity contribution in [3.05, 3.63) is 118 Å². The summed E-state index contributed by atoms with van der Waals surface area (Å²) in [5, 5.41) is 27.7. The smallest absolute Gasteiger partial charge is 0.271 e. The first-order chi connectivity index (χ1) is 14.6. The molecule has 0 heterocycles. The van der Waals surface area contributed by atoms with Gasteiger partial charge < -0.3 is 10.4 Å². The number of hydrogen-bond donors (Lipinski definition) is 2. The number of nitro groups is 1. The van der Waals surface area contributed by atoms with E-state index in [1.54, 1.807) is 12.1 Å². The number of aliphatic hydroxyl groups is 1. The van der Waals surface area contributed by atoms with Crippen LogP contribution in [0.4, 0.5) is 11.4 Å². The van der Waals surface area contributed by atoms with Crippen LogP contribution >= 0.6 is 0 Å². The molecule has 30 heavy (non-hydrogen) atoms. The fourth-order valence-electron chi connectivity index (χ4n) is 3.65. The third-order valence-corrected chi connectivity index (χ3v) is 5.22. The molecule has 2 atom stereocenters. The number of benzene rings is 4. The highest BCUT2D eigenvalue weighted by Crippen LogP contribution is 2.31. The Hall–Kier alpha value is -3.70. The Morgan fingerprint density at radius 1 is 0.800 bits per heavy atom. The lowest BCUT2D eigenvalue weighted by Crippen LogP contribution is -2.15. The van der Waals surface area contributed by atoms with Crippen molar-refractivity contribution < 1.29 is 10.0 Å². The molecule has 0 amide bonds. The molecule has 0 spiro atoms. The van der Waals surface area contributed by atoms with Crippen LogP contribution in [0.5, 0.6) is 0 Å². The van der Waals surface area contributed by atoms with Crippen molar-refractivity contribution in [1.29, 1.82) is 0 Å². The van der Waals surface area contributed by atoms with Crippen molar-refractivity contribution in [2.75, 3.05) is 5.32 Å². The minimum atomic E-state index is -0.689. The SMILES string of the molecule is O=[N+]([O-])c1cccc(NC(CC(O)c2ccc3ccccc3c2)c2ccccc2)c1. The number of rotatable bonds is 7. The maximum Gasteiger partial charge on any atom is 0.271 e. The zero-order valence-corrected chi connectivity index (χ0v) is 16.3. The quantitative estimate of drug-likeness (QED) is 0.295. The van der Waals surface area contributed by atoms with Gasteiger partial charge in [0.25, 0.3) is 5.69 Å². The van der Waals surface area contributed by atoms with Gasteiger partial charge in [-0.15, -0.1) is 0 Å². The average Bonchev–Trinajstić information content (AvgIpc) is 2.79. The highest BCUT2D eigenvalue weighted by atomic mass is 16.6. The van der Waals surface area contributed by atoms with Crippen molar-refractivity contribution in [2.45, 2.75) is 18.6 Å². The minimum absolute atomic E-state index is 0.0295. The van der Waals surface area contributed by atoms with Crippen molar-refractivity contribution >= 4 is 22.1 Å². The minimum Gasteiger partial charge on any atom is -0.388 e. The van der Waals surface area contributed by atoms with Crippen molar-refractivity contribution in [1.82, 2.24) is 0 Å².